The van der Waals surface area contributed by atoms with E-state index in [1.54, 1.807) is 6.92 Å². The van der Waals surface area contributed by atoms with Gasteiger partial charge in [0.1, 0.15) is 5.02 Å². The maximum absolute atomic E-state index is 10.7. The Labute approximate surface area is 110 Å². The van der Waals surface area contributed by atoms with Crippen LogP contribution in [0.2, 0.25) is 5.02 Å². The van der Waals surface area contributed by atoms with Crippen molar-refractivity contribution in [3.63, 3.8) is 0 Å². The third-order valence-electron chi connectivity index (χ3n) is 2.29. The Hall–Kier alpha value is -1.37. The van der Waals surface area contributed by atoms with Gasteiger partial charge in [0.05, 0.1) is 24.7 Å². The maximum atomic E-state index is 10.7. The number of hydrogen-bond donors (Lipinski definition) is 2. The monoisotopic (exact) mass is 274 g/mol. The average molecular weight is 275 g/mol. The topological polar surface area (TPSA) is 84.6 Å². The van der Waals surface area contributed by atoms with E-state index in [1.165, 1.54) is 12.1 Å². The van der Waals surface area contributed by atoms with Crippen LogP contribution in [-0.4, -0.2) is 36.4 Å². The van der Waals surface area contributed by atoms with Gasteiger partial charge in [-0.25, -0.2) is 0 Å². The highest BCUT2D eigenvalue weighted by molar-refractivity contribution is 6.33. The van der Waals surface area contributed by atoms with Gasteiger partial charge in [-0.05, 0) is 18.6 Å². The van der Waals surface area contributed by atoms with Gasteiger partial charge in [-0.15, -0.1) is 0 Å². The summed E-state index contributed by atoms with van der Waals surface area (Å²) in [6, 6.07) is 2.96. The van der Waals surface area contributed by atoms with Crippen LogP contribution in [0.15, 0.2) is 12.1 Å². The molecule has 0 saturated carbocycles. The molecule has 0 aliphatic heterocycles. The molecule has 1 aromatic rings. The number of nitro groups is 1. The van der Waals surface area contributed by atoms with E-state index < -0.39 is 4.92 Å². The lowest BCUT2D eigenvalue weighted by Gasteiger charge is -2.10. The molecule has 0 heterocycles. The van der Waals surface area contributed by atoms with Gasteiger partial charge in [-0.3, -0.25) is 10.1 Å². The molecular weight excluding hydrogens is 260 g/mol. The van der Waals surface area contributed by atoms with Crippen molar-refractivity contribution >= 4 is 23.0 Å². The summed E-state index contributed by atoms with van der Waals surface area (Å²) in [5.41, 5.74) is 1.38. The number of halogens is 1. The summed E-state index contributed by atoms with van der Waals surface area (Å²) in [7, 11) is 0. The molecule has 6 nitrogen and oxygen atoms in total. The summed E-state index contributed by atoms with van der Waals surface area (Å²) in [5.74, 6) is 0. The van der Waals surface area contributed by atoms with E-state index in [9.17, 15) is 10.1 Å². The van der Waals surface area contributed by atoms with Crippen LogP contribution in [0.5, 0.6) is 0 Å². The normalized spacial score (nSPS) is 10.4. The molecule has 0 saturated heterocycles. The lowest BCUT2D eigenvalue weighted by molar-refractivity contribution is -0.384. The van der Waals surface area contributed by atoms with Crippen molar-refractivity contribution in [3.05, 3.63) is 32.8 Å². The number of aryl methyl sites for hydroxylation is 1. The molecule has 0 amide bonds. The highest BCUT2D eigenvalue weighted by Gasteiger charge is 2.14. The van der Waals surface area contributed by atoms with Gasteiger partial charge in [0.25, 0.3) is 5.69 Å². The second-order valence-electron chi connectivity index (χ2n) is 3.64. The fourth-order valence-electron chi connectivity index (χ4n) is 1.42. The quantitative estimate of drug-likeness (QED) is 0.451. The van der Waals surface area contributed by atoms with Crippen molar-refractivity contribution in [1.82, 2.24) is 0 Å². The van der Waals surface area contributed by atoms with Crippen molar-refractivity contribution < 1.29 is 14.8 Å². The number of nitro benzene ring substituents is 1. The molecule has 1 rings (SSSR count). The zero-order valence-corrected chi connectivity index (χ0v) is 10.7. The van der Waals surface area contributed by atoms with E-state index >= 15 is 0 Å². The molecule has 0 atom stereocenters. The molecule has 18 heavy (non-hydrogen) atoms. The van der Waals surface area contributed by atoms with E-state index in [2.05, 4.69) is 5.32 Å². The lowest BCUT2D eigenvalue weighted by atomic mass is 10.2. The minimum Gasteiger partial charge on any atom is -0.394 e. The first-order valence-electron chi connectivity index (χ1n) is 5.43. The largest absolute Gasteiger partial charge is 0.394 e. The highest BCUT2D eigenvalue weighted by atomic mass is 35.5. The van der Waals surface area contributed by atoms with Crippen molar-refractivity contribution in [1.29, 1.82) is 0 Å². The first-order chi connectivity index (χ1) is 8.56. The smallest absolute Gasteiger partial charge is 0.288 e. The van der Waals surface area contributed by atoms with Crippen molar-refractivity contribution in [2.24, 2.45) is 0 Å². The Morgan fingerprint density at radius 3 is 2.83 bits per heavy atom. The molecular formula is C11H15ClN2O4. The van der Waals surface area contributed by atoms with Crippen LogP contribution in [0.25, 0.3) is 0 Å². The van der Waals surface area contributed by atoms with Crippen LogP contribution in [0.1, 0.15) is 5.56 Å². The van der Waals surface area contributed by atoms with Crippen molar-refractivity contribution in [3.8, 4) is 0 Å². The Morgan fingerprint density at radius 1 is 1.50 bits per heavy atom. The standard InChI is InChI=1S/C11H15ClN2O4/c1-8-6-11(14(16)17)9(12)7-10(8)13-2-4-18-5-3-15/h6-7,13,15H,2-5H2,1H3. The molecule has 0 unspecified atom stereocenters. The van der Waals surface area contributed by atoms with Gasteiger partial charge in [-0.1, -0.05) is 11.6 Å². The van der Waals surface area contributed by atoms with E-state index in [0.717, 1.165) is 11.3 Å². The number of benzene rings is 1. The second-order valence-corrected chi connectivity index (χ2v) is 4.05. The second kappa shape index (κ2) is 7.15. The number of nitrogens with one attached hydrogen (secondary N) is 1. The molecule has 2 N–H and O–H groups in total. The van der Waals surface area contributed by atoms with Crippen molar-refractivity contribution in [2.45, 2.75) is 6.92 Å². The maximum Gasteiger partial charge on any atom is 0.288 e. The van der Waals surface area contributed by atoms with Crippen LogP contribution in [-0.2, 0) is 4.74 Å². The van der Waals surface area contributed by atoms with E-state index in [1.807, 2.05) is 0 Å². The van der Waals surface area contributed by atoms with Gasteiger partial charge in [0, 0.05) is 18.3 Å². The van der Waals surface area contributed by atoms with Gasteiger partial charge in [-0.2, -0.15) is 0 Å². The Morgan fingerprint density at radius 2 is 2.22 bits per heavy atom. The molecule has 100 valence electrons. The Kier molecular flexibility index (Phi) is 5.84. The fourth-order valence-corrected chi connectivity index (χ4v) is 1.65. The highest BCUT2D eigenvalue weighted by Crippen LogP contribution is 2.30. The van der Waals surface area contributed by atoms with Crippen LogP contribution in [0.3, 0.4) is 0 Å². The molecule has 0 bridgehead atoms. The number of aliphatic hydroxyl groups excluding tert-OH is 1. The van der Waals surface area contributed by atoms with Gasteiger partial charge in [0.15, 0.2) is 0 Å². The molecule has 0 spiro atoms. The van der Waals surface area contributed by atoms with Crippen LogP contribution >= 0.6 is 11.6 Å². The van der Waals surface area contributed by atoms with E-state index in [0.29, 0.717) is 19.8 Å². The predicted molar refractivity (Wildman–Crippen MR) is 69.2 cm³/mol. The molecule has 0 aromatic heterocycles. The summed E-state index contributed by atoms with van der Waals surface area (Å²) in [4.78, 5) is 10.2. The van der Waals surface area contributed by atoms with Gasteiger partial charge in [0.2, 0.25) is 0 Å². The SMILES string of the molecule is Cc1cc([N+](=O)[O-])c(Cl)cc1NCCOCCO. The van der Waals surface area contributed by atoms with Gasteiger partial charge >= 0.3 is 0 Å². The third-order valence-corrected chi connectivity index (χ3v) is 2.59. The third kappa shape index (κ3) is 4.14. The first kappa shape index (κ1) is 14.7. The predicted octanol–water partition coefficient (Wildman–Crippen LogP) is 1.98. The fraction of sp³-hybridized carbons (Fsp3) is 0.455. The average Bonchev–Trinajstić information content (AvgIpc) is 2.32. The number of anilines is 1. The minimum absolute atomic E-state index is 0.0115. The molecule has 0 radical (unpaired) electrons. The van der Waals surface area contributed by atoms with Crippen LogP contribution < -0.4 is 5.32 Å². The molecule has 0 fully saturated rings. The summed E-state index contributed by atoms with van der Waals surface area (Å²) in [5, 5.41) is 22.4. The zero-order valence-electron chi connectivity index (χ0n) is 9.98. The molecule has 1 aromatic carbocycles. The summed E-state index contributed by atoms with van der Waals surface area (Å²) in [6.07, 6.45) is 0. The first-order valence-corrected chi connectivity index (χ1v) is 5.81. The van der Waals surface area contributed by atoms with Gasteiger partial charge < -0.3 is 15.2 Å². The Balaban J connectivity index is 2.62. The summed E-state index contributed by atoms with van der Waals surface area (Å²) >= 11 is 5.81. The number of ether oxygens (including phenoxy) is 1. The zero-order chi connectivity index (χ0) is 13.5. The van der Waals surface area contributed by atoms with Crippen molar-refractivity contribution in [2.75, 3.05) is 31.7 Å². The van der Waals surface area contributed by atoms with E-state index in [-0.39, 0.29) is 17.3 Å². The molecule has 0 aliphatic carbocycles. The number of hydrogen-bond acceptors (Lipinski definition) is 5. The summed E-state index contributed by atoms with van der Waals surface area (Å²) < 4.78 is 5.08. The van der Waals surface area contributed by atoms with Crippen LogP contribution in [0.4, 0.5) is 11.4 Å². The summed E-state index contributed by atoms with van der Waals surface area (Å²) in [6.45, 7) is 3.02. The van der Waals surface area contributed by atoms with Crippen LogP contribution in [0, 0.1) is 17.0 Å². The number of nitrogens with zero attached hydrogens (tertiary/aromatic N) is 1. The van der Waals surface area contributed by atoms with E-state index in [4.69, 9.17) is 21.4 Å². The lowest BCUT2D eigenvalue weighted by Crippen LogP contribution is -2.12. The molecule has 0 aliphatic rings. The Bertz CT molecular complexity index is 426. The minimum atomic E-state index is -0.510. The number of aliphatic hydroxyl groups is 1. The number of rotatable bonds is 7. The molecule has 7 heteroatoms.